The highest BCUT2D eigenvalue weighted by Gasteiger charge is 2.35. The van der Waals surface area contributed by atoms with E-state index < -0.39 is 34.5 Å². The lowest BCUT2D eigenvalue weighted by atomic mass is 10.0. The van der Waals surface area contributed by atoms with E-state index in [0.717, 1.165) is 31.4 Å². The van der Waals surface area contributed by atoms with E-state index in [1.807, 2.05) is 75.4 Å². The van der Waals surface area contributed by atoms with Crippen LogP contribution in [0.4, 0.5) is 10.1 Å². The number of carbonyl (C=O) groups excluding carboxylic acids is 2. The maximum Gasteiger partial charge on any atom is 0.304 e. The molecule has 40 heavy (non-hydrogen) atoms. The molecule has 0 heterocycles. The van der Waals surface area contributed by atoms with Crippen molar-refractivity contribution >= 4 is 27.7 Å². The third-order valence-electron chi connectivity index (χ3n) is 6.32. The number of nitrogens with one attached hydrogen (secondary N) is 1. The Bertz CT molecular complexity index is 1400. The maximum absolute atomic E-state index is 14.9. The Hall–Kier alpha value is -3.76. The molecule has 10 heteroatoms. The molecule has 1 N–H and O–H groups in total. The Labute approximate surface area is 236 Å². The van der Waals surface area contributed by atoms with Gasteiger partial charge in [0.2, 0.25) is 11.8 Å². The normalized spacial score (nSPS) is 12.3. The molecule has 0 radical (unpaired) electrons. The molecule has 2 amide bonds. The average molecular weight is 569 g/mol. The van der Waals surface area contributed by atoms with E-state index >= 15 is 0 Å². The van der Waals surface area contributed by atoms with Gasteiger partial charge in [-0.3, -0.25) is 9.59 Å². The minimum Gasteiger partial charge on any atom is -0.352 e. The fourth-order valence-corrected chi connectivity index (χ4v) is 5.25. The smallest absolute Gasteiger partial charge is 0.304 e. The highest BCUT2D eigenvalue weighted by Crippen LogP contribution is 2.24. The number of hydrogen-bond donors (Lipinski definition) is 1. The van der Waals surface area contributed by atoms with E-state index in [1.165, 1.54) is 37.2 Å². The van der Waals surface area contributed by atoms with E-state index in [-0.39, 0.29) is 30.6 Å². The third kappa shape index (κ3) is 7.89. The minimum absolute atomic E-state index is 0.0508. The predicted molar refractivity (Wildman–Crippen MR) is 155 cm³/mol. The van der Waals surface area contributed by atoms with Crippen molar-refractivity contribution in [3.8, 4) is 0 Å². The Kier molecular flexibility index (Phi) is 10.4. The van der Waals surface area contributed by atoms with Gasteiger partial charge in [0, 0.05) is 33.1 Å². The maximum atomic E-state index is 14.9. The Balaban J connectivity index is 2.10. The molecule has 0 fully saturated rings. The topological polar surface area (TPSA) is 90.0 Å². The van der Waals surface area contributed by atoms with Crippen molar-refractivity contribution in [1.82, 2.24) is 14.5 Å². The number of amides is 2. The van der Waals surface area contributed by atoms with Gasteiger partial charge in [-0.2, -0.15) is 12.7 Å². The van der Waals surface area contributed by atoms with E-state index in [2.05, 4.69) is 5.32 Å². The van der Waals surface area contributed by atoms with Crippen LogP contribution < -0.4 is 9.62 Å². The summed E-state index contributed by atoms with van der Waals surface area (Å²) in [6, 6.07) is 21.1. The number of rotatable bonds is 12. The molecule has 3 aromatic carbocycles. The molecule has 0 saturated carbocycles. The van der Waals surface area contributed by atoms with Crippen LogP contribution in [0, 0.1) is 12.7 Å². The SMILES string of the molecule is Cc1ccc(CN(C(=O)CN(c2ccccc2F)S(=O)(=O)N(C)C)[C@@H](Cc2ccccc2)C(=O)NC(C)C)cc1. The number of benzene rings is 3. The molecule has 0 aliphatic heterocycles. The molecule has 3 rings (SSSR count). The van der Waals surface area contributed by atoms with Crippen LogP contribution in [0.25, 0.3) is 0 Å². The molecule has 0 bridgehead atoms. The lowest BCUT2D eigenvalue weighted by molar-refractivity contribution is -0.140. The number of halogens is 1. The first-order valence-electron chi connectivity index (χ1n) is 13.0. The zero-order chi connectivity index (χ0) is 29.4. The van der Waals surface area contributed by atoms with Gasteiger partial charge in [0.25, 0.3) is 0 Å². The molecule has 0 unspecified atom stereocenters. The van der Waals surface area contributed by atoms with Crippen molar-refractivity contribution in [2.45, 2.75) is 45.8 Å². The second-order valence-corrected chi connectivity index (χ2v) is 12.2. The van der Waals surface area contributed by atoms with Gasteiger partial charge in [-0.15, -0.1) is 0 Å². The van der Waals surface area contributed by atoms with Crippen molar-refractivity contribution in [2.24, 2.45) is 0 Å². The van der Waals surface area contributed by atoms with Gasteiger partial charge in [-0.25, -0.2) is 8.70 Å². The van der Waals surface area contributed by atoms with Crippen LogP contribution in [-0.4, -0.2) is 62.2 Å². The number of nitrogens with zero attached hydrogens (tertiary/aromatic N) is 3. The summed E-state index contributed by atoms with van der Waals surface area (Å²) in [5.74, 6) is -1.80. The van der Waals surface area contributed by atoms with Crippen molar-refractivity contribution < 1.29 is 22.4 Å². The number of hydrogen-bond acceptors (Lipinski definition) is 4. The summed E-state index contributed by atoms with van der Waals surface area (Å²) >= 11 is 0. The highest BCUT2D eigenvalue weighted by molar-refractivity contribution is 7.90. The largest absolute Gasteiger partial charge is 0.352 e. The fraction of sp³-hybridized carbons (Fsp3) is 0.333. The summed E-state index contributed by atoms with van der Waals surface area (Å²) in [5, 5.41) is 2.90. The first-order chi connectivity index (χ1) is 18.9. The molecular weight excluding hydrogens is 531 g/mol. The lowest BCUT2D eigenvalue weighted by Gasteiger charge is -2.34. The molecule has 3 aromatic rings. The van der Waals surface area contributed by atoms with Gasteiger partial charge in [0.15, 0.2) is 0 Å². The van der Waals surface area contributed by atoms with E-state index in [0.29, 0.717) is 0 Å². The Morgan fingerprint density at radius 3 is 2.05 bits per heavy atom. The van der Waals surface area contributed by atoms with Gasteiger partial charge in [0.05, 0.1) is 5.69 Å². The molecule has 0 saturated heterocycles. The van der Waals surface area contributed by atoms with Crippen LogP contribution in [0.1, 0.15) is 30.5 Å². The van der Waals surface area contributed by atoms with Gasteiger partial charge in [0.1, 0.15) is 18.4 Å². The minimum atomic E-state index is -4.27. The van der Waals surface area contributed by atoms with E-state index in [4.69, 9.17) is 0 Å². The summed E-state index contributed by atoms with van der Waals surface area (Å²) < 4.78 is 43.2. The monoisotopic (exact) mass is 568 g/mol. The summed E-state index contributed by atoms with van der Waals surface area (Å²) in [5.41, 5.74) is 2.37. The van der Waals surface area contributed by atoms with Gasteiger partial charge in [-0.05, 0) is 44.0 Å². The molecular formula is C30H37FN4O4S. The highest BCUT2D eigenvalue weighted by atomic mass is 32.2. The van der Waals surface area contributed by atoms with E-state index in [1.54, 1.807) is 0 Å². The molecule has 0 aliphatic carbocycles. The lowest BCUT2D eigenvalue weighted by Crippen LogP contribution is -2.55. The summed E-state index contributed by atoms with van der Waals surface area (Å²) in [6.07, 6.45) is 0.205. The number of aryl methyl sites for hydroxylation is 1. The van der Waals surface area contributed by atoms with Crippen LogP contribution in [0.5, 0.6) is 0 Å². The number of carbonyl (C=O) groups is 2. The quantitative estimate of drug-likeness (QED) is 0.359. The van der Waals surface area contributed by atoms with Crippen molar-refractivity contribution in [2.75, 3.05) is 24.9 Å². The summed E-state index contributed by atoms with van der Waals surface area (Å²) in [4.78, 5) is 29.0. The molecule has 0 spiro atoms. The van der Waals surface area contributed by atoms with E-state index in [9.17, 15) is 22.4 Å². The molecule has 0 aromatic heterocycles. The standard InChI is InChI=1S/C30H37FN4O4S/c1-22(2)32-30(37)28(19-24-11-7-6-8-12-24)34(20-25-17-15-23(3)16-18-25)29(36)21-35(40(38,39)33(4)5)27-14-10-9-13-26(27)31/h6-18,22,28H,19-21H2,1-5H3,(H,32,37)/t28-/m0/s1. The van der Waals surface area contributed by atoms with Crippen LogP contribution in [-0.2, 0) is 32.8 Å². The first kappa shape index (κ1) is 30.8. The van der Waals surface area contributed by atoms with Crippen LogP contribution in [0.15, 0.2) is 78.9 Å². The number of para-hydroxylation sites is 1. The second kappa shape index (κ2) is 13.5. The number of anilines is 1. The Morgan fingerprint density at radius 1 is 0.875 bits per heavy atom. The van der Waals surface area contributed by atoms with Gasteiger partial charge < -0.3 is 10.2 Å². The second-order valence-electron chi connectivity index (χ2n) is 10.1. The summed E-state index contributed by atoms with van der Waals surface area (Å²) in [7, 11) is -1.64. The zero-order valence-electron chi connectivity index (χ0n) is 23.5. The van der Waals surface area contributed by atoms with Crippen LogP contribution in [0.2, 0.25) is 0 Å². The van der Waals surface area contributed by atoms with Crippen molar-refractivity contribution in [3.63, 3.8) is 0 Å². The molecule has 214 valence electrons. The molecule has 0 aliphatic rings. The van der Waals surface area contributed by atoms with Crippen LogP contribution >= 0.6 is 0 Å². The molecule has 1 atom stereocenters. The third-order valence-corrected chi connectivity index (χ3v) is 8.12. The molecule has 8 nitrogen and oxygen atoms in total. The predicted octanol–water partition coefficient (Wildman–Crippen LogP) is 3.91. The van der Waals surface area contributed by atoms with Gasteiger partial charge in [-0.1, -0.05) is 72.3 Å². The Morgan fingerprint density at radius 2 is 1.48 bits per heavy atom. The fourth-order valence-electron chi connectivity index (χ4n) is 4.18. The van der Waals surface area contributed by atoms with Crippen molar-refractivity contribution in [3.05, 3.63) is 101 Å². The first-order valence-corrected chi connectivity index (χ1v) is 14.4. The van der Waals surface area contributed by atoms with Gasteiger partial charge >= 0.3 is 10.2 Å². The van der Waals surface area contributed by atoms with Crippen molar-refractivity contribution in [1.29, 1.82) is 0 Å². The summed E-state index contributed by atoms with van der Waals surface area (Å²) in [6.45, 7) is 4.95. The average Bonchev–Trinajstić information content (AvgIpc) is 2.90. The van der Waals surface area contributed by atoms with Crippen LogP contribution in [0.3, 0.4) is 0 Å². The zero-order valence-corrected chi connectivity index (χ0v) is 24.4.